The molecule has 1 aliphatic rings. The molecule has 106 valence electrons. The van der Waals surface area contributed by atoms with Crippen LogP contribution in [0.5, 0.6) is 0 Å². The molecule has 0 spiro atoms. The van der Waals surface area contributed by atoms with Crippen LogP contribution in [-0.2, 0) is 6.42 Å². The number of ketones is 1. The van der Waals surface area contributed by atoms with Crippen LogP contribution in [0.15, 0.2) is 71.7 Å². The number of benzene rings is 3. The van der Waals surface area contributed by atoms with E-state index in [1.54, 1.807) is 6.21 Å². The first-order chi connectivity index (χ1) is 10.8. The van der Waals surface area contributed by atoms with Crippen LogP contribution in [0.1, 0.15) is 15.9 Å². The van der Waals surface area contributed by atoms with E-state index in [1.807, 2.05) is 54.6 Å². The van der Waals surface area contributed by atoms with Gasteiger partial charge < -0.3 is 0 Å². The third-order valence-corrected chi connectivity index (χ3v) is 4.16. The number of fused-ring (bicyclic) bond motifs is 2. The minimum atomic E-state index is -0.170. The van der Waals surface area contributed by atoms with Gasteiger partial charge in [0, 0.05) is 11.8 Å². The van der Waals surface area contributed by atoms with Crippen LogP contribution in [0.3, 0.4) is 0 Å². The highest BCUT2D eigenvalue weighted by Crippen LogP contribution is 2.31. The zero-order valence-corrected chi connectivity index (χ0v) is 12.1. The molecule has 0 amide bonds. The molecule has 1 heterocycles. The van der Waals surface area contributed by atoms with Gasteiger partial charge in [-0.3, -0.25) is 9.79 Å². The topological polar surface area (TPSA) is 29.4 Å². The highest BCUT2D eigenvalue weighted by atomic mass is 16.1. The third kappa shape index (κ3) is 2.23. The van der Waals surface area contributed by atoms with Crippen LogP contribution < -0.4 is 0 Å². The quantitative estimate of drug-likeness (QED) is 0.676. The molecular weight excluding hydrogens is 270 g/mol. The van der Waals surface area contributed by atoms with E-state index >= 15 is 0 Å². The summed E-state index contributed by atoms with van der Waals surface area (Å²) in [5.41, 5.74) is 2.69. The van der Waals surface area contributed by atoms with Gasteiger partial charge in [-0.2, -0.15) is 0 Å². The second-order valence-corrected chi connectivity index (χ2v) is 5.66. The van der Waals surface area contributed by atoms with Gasteiger partial charge in [-0.25, -0.2) is 0 Å². The monoisotopic (exact) mass is 285 g/mol. The van der Waals surface area contributed by atoms with E-state index in [9.17, 15) is 4.79 Å². The van der Waals surface area contributed by atoms with Gasteiger partial charge in [0.25, 0.3) is 0 Å². The van der Waals surface area contributed by atoms with Crippen molar-refractivity contribution in [1.29, 1.82) is 0 Å². The van der Waals surface area contributed by atoms with Gasteiger partial charge in [0.05, 0.1) is 11.6 Å². The SMILES string of the molecule is O=C1c2cc3ccccc3cc2N=CC1Cc1ccccc1. The molecule has 0 saturated heterocycles. The summed E-state index contributed by atoms with van der Waals surface area (Å²) in [7, 11) is 0. The fourth-order valence-electron chi connectivity index (χ4n) is 2.98. The summed E-state index contributed by atoms with van der Waals surface area (Å²) in [6.07, 6.45) is 2.50. The lowest BCUT2D eigenvalue weighted by molar-refractivity contribution is 0.0955. The van der Waals surface area contributed by atoms with Gasteiger partial charge in [-0.05, 0) is 34.9 Å². The lowest BCUT2D eigenvalue weighted by Gasteiger charge is -2.18. The Hall–Kier alpha value is -2.74. The molecule has 0 N–H and O–H groups in total. The average molecular weight is 285 g/mol. The minimum Gasteiger partial charge on any atom is -0.293 e. The van der Waals surface area contributed by atoms with Crippen molar-refractivity contribution in [2.75, 3.05) is 0 Å². The van der Waals surface area contributed by atoms with Crippen molar-refractivity contribution < 1.29 is 4.79 Å². The normalized spacial score (nSPS) is 16.7. The van der Waals surface area contributed by atoms with Gasteiger partial charge in [0.1, 0.15) is 0 Å². The Morgan fingerprint density at radius 2 is 1.55 bits per heavy atom. The van der Waals surface area contributed by atoms with E-state index in [0.717, 1.165) is 27.6 Å². The highest BCUT2D eigenvalue weighted by molar-refractivity contribution is 6.14. The lowest BCUT2D eigenvalue weighted by atomic mass is 9.88. The van der Waals surface area contributed by atoms with Crippen molar-refractivity contribution in [3.05, 3.63) is 77.9 Å². The maximum atomic E-state index is 12.8. The van der Waals surface area contributed by atoms with E-state index < -0.39 is 0 Å². The lowest BCUT2D eigenvalue weighted by Crippen LogP contribution is -2.21. The molecule has 1 aliphatic heterocycles. The van der Waals surface area contributed by atoms with Gasteiger partial charge in [-0.15, -0.1) is 0 Å². The Kier molecular flexibility index (Phi) is 3.08. The summed E-state index contributed by atoms with van der Waals surface area (Å²) < 4.78 is 0. The van der Waals surface area contributed by atoms with E-state index in [1.165, 1.54) is 0 Å². The smallest absolute Gasteiger partial charge is 0.173 e. The van der Waals surface area contributed by atoms with Crippen molar-refractivity contribution in [2.45, 2.75) is 6.42 Å². The summed E-state index contributed by atoms with van der Waals surface area (Å²) in [5.74, 6) is -0.00401. The number of carbonyl (C=O) groups excluding carboxylic acids is 1. The molecule has 2 nitrogen and oxygen atoms in total. The van der Waals surface area contributed by atoms with Crippen LogP contribution in [0.4, 0.5) is 5.69 Å². The minimum absolute atomic E-state index is 0.166. The number of carbonyl (C=O) groups is 1. The van der Waals surface area contributed by atoms with Crippen LogP contribution in [0.25, 0.3) is 10.8 Å². The van der Waals surface area contributed by atoms with Crippen LogP contribution in [-0.4, -0.2) is 12.0 Å². The molecule has 0 fully saturated rings. The van der Waals surface area contributed by atoms with Gasteiger partial charge in [0.15, 0.2) is 5.78 Å². The molecule has 0 bridgehead atoms. The summed E-state index contributed by atoms with van der Waals surface area (Å²) >= 11 is 0. The number of hydrogen-bond donors (Lipinski definition) is 0. The maximum Gasteiger partial charge on any atom is 0.173 e. The third-order valence-electron chi connectivity index (χ3n) is 4.16. The number of aliphatic imine (C=N–C) groups is 1. The fraction of sp³-hybridized carbons (Fsp3) is 0.100. The van der Waals surface area contributed by atoms with Crippen LogP contribution >= 0.6 is 0 Å². The van der Waals surface area contributed by atoms with Crippen molar-refractivity contribution in [2.24, 2.45) is 10.9 Å². The first-order valence-corrected chi connectivity index (χ1v) is 7.46. The van der Waals surface area contributed by atoms with E-state index in [2.05, 4.69) is 17.1 Å². The molecule has 0 aromatic heterocycles. The summed E-state index contributed by atoms with van der Waals surface area (Å²) in [6, 6.07) is 22.1. The predicted molar refractivity (Wildman–Crippen MR) is 90.1 cm³/mol. The Morgan fingerprint density at radius 3 is 2.32 bits per heavy atom. The highest BCUT2D eigenvalue weighted by Gasteiger charge is 2.25. The molecule has 1 unspecified atom stereocenters. The van der Waals surface area contributed by atoms with Crippen molar-refractivity contribution in [1.82, 2.24) is 0 Å². The van der Waals surface area contributed by atoms with Gasteiger partial charge in [-0.1, -0.05) is 54.6 Å². The maximum absolute atomic E-state index is 12.8. The van der Waals surface area contributed by atoms with Gasteiger partial charge >= 0.3 is 0 Å². The van der Waals surface area contributed by atoms with E-state index in [0.29, 0.717) is 6.42 Å². The molecule has 1 atom stereocenters. The Labute approximate surface area is 129 Å². The van der Waals surface area contributed by atoms with Crippen molar-refractivity contribution >= 4 is 28.5 Å². The second kappa shape index (κ2) is 5.23. The fourth-order valence-corrected chi connectivity index (χ4v) is 2.98. The molecular formula is C20H15NO. The molecule has 3 aromatic rings. The van der Waals surface area contributed by atoms with Crippen LogP contribution in [0, 0.1) is 5.92 Å². The molecule has 0 aliphatic carbocycles. The Bertz CT molecular complexity index is 881. The molecule has 3 aromatic carbocycles. The number of rotatable bonds is 2. The first kappa shape index (κ1) is 13.0. The van der Waals surface area contributed by atoms with Gasteiger partial charge in [0.2, 0.25) is 0 Å². The summed E-state index contributed by atoms with van der Waals surface area (Å²) in [6.45, 7) is 0. The molecule has 0 saturated carbocycles. The second-order valence-electron chi connectivity index (χ2n) is 5.66. The number of hydrogen-bond acceptors (Lipinski definition) is 2. The average Bonchev–Trinajstić information content (AvgIpc) is 2.57. The number of Topliss-reactive ketones (excluding diaryl/α,β-unsaturated/α-hetero) is 1. The first-order valence-electron chi connectivity index (χ1n) is 7.46. The standard InChI is InChI=1S/C20H15NO/c22-20-17(10-14-6-2-1-3-7-14)13-21-19-12-16-9-5-4-8-15(16)11-18(19)20/h1-9,11-13,17H,10H2. The number of nitrogens with zero attached hydrogens (tertiary/aromatic N) is 1. The molecule has 0 radical (unpaired) electrons. The van der Waals surface area contributed by atoms with Crippen LogP contribution in [0.2, 0.25) is 0 Å². The Balaban J connectivity index is 1.72. The largest absolute Gasteiger partial charge is 0.293 e. The zero-order chi connectivity index (χ0) is 14.9. The molecule has 4 rings (SSSR count). The van der Waals surface area contributed by atoms with E-state index in [-0.39, 0.29) is 11.7 Å². The summed E-state index contributed by atoms with van der Waals surface area (Å²) in [4.78, 5) is 17.3. The van der Waals surface area contributed by atoms with Crippen molar-refractivity contribution in [3.8, 4) is 0 Å². The van der Waals surface area contributed by atoms with E-state index in [4.69, 9.17) is 0 Å². The zero-order valence-electron chi connectivity index (χ0n) is 12.1. The molecule has 22 heavy (non-hydrogen) atoms. The summed E-state index contributed by atoms with van der Waals surface area (Å²) in [5, 5.41) is 2.21. The predicted octanol–water partition coefficient (Wildman–Crippen LogP) is 4.60. The molecule has 2 heteroatoms. The van der Waals surface area contributed by atoms with Crippen molar-refractivity contribution in [3.63, 3.8) is 0 Å². The Morgan fingerprint density at radius 1 is 0.864 bits per heavy atom.